The van der Waals surface area contributed by atoms with Crippen LogP contribution in [0.3, 0.4) is 0 Å². The van der Waals surface area contributed by atoms with Gasteiger partial charge in [-0.3, -0.25) is 4.79 Å². The fraction of sp³-hybridized carbons (Fsp3) is 0.0714. The van der Waals surface area contributed by atoms with E-state index in [1.165, 1.54) is 0 Å². The van der Waals surface area contributed by atoms with Crippen LogP contribution in [0.2, 0.25) is 5.02 Å². The highest BCUT2D eigenvalue weighted by Crippen LogP contribution is 2.25. The van der Waals surface area contributed by atoms with Crippen LogP contribution in [-0.4, -0.2) is 12.2 Å². The van der Waals surface area contributed by atoms with Gasteiger partial charge >= 0.3 is 0 Å². The number of halogens is 2. The quantitative estimate of drug-likeness (QED) is 0.582. The summed E-state index contributed by atoms with van der Waals surface area (Å²) in [5, 5.41) is 3.34. The summed E-state index contributed by atoms with van der Waals surface area (Å²) in [7, 11) is 0. The van der Waals surface area contributed by atoms with Gasteiger partial charge in [-0.25, -0.2) is 0 Å². The van der Waals surface area contributed by atoms with Crippen LogP contribution in [0.1, 0.15) is 10.4 Å². The molecule has 1 amide bonds. The molecule has 2 aromatic carbocycles. The number of carbonyl (C=O) groups excluding carboxylic acids is 1. The van der Waals surface area contributed by atoms with Gasteiger partial charge in [0, 0.05) is 8.47 Å². The lowest BCUT2D eigenvalue weighted by molar-refractivity contribution is 0.102. The molecule has 2 nitrogen and oxygen atoms in total. The number of anilines is 1. The average molecular weight is 404 g/mol. The summed E-state index contributed by atoms with van der Waals surface area (Å²) in [5.41, 5.74) is 1.28. The van der Waals surface area contributed by atoms with E-state index < -0.39 is 0 Å². The van der Waals surface area contributed by atoms with Crippen molar-refractivity contribution in [2.75, 3.05) is 11.6 Å². The lowest BCUT2D eigenvalue weighted by Gasteiger charge is -2.09. The highest BCUT2D eigenvalue weighted by Gasteiger charge is 2.12. The Kier molecular flexibility index (Phi) is 5.13. The second-order valence-electron chi connectivity index (χ2n) is 3.78. The Morgan fingerprint density at radius 1 is 1.26 bits per heavy atom. The summed E-state index contributed by atoms with van der Waals surface area (Å²) in [5.74, 6) is -0.190. The van der Waals surface area contributed by atoms with E-state index in [2.05, 4.69) is 27.9 Å². The van der Waals surface area contributed by atoms with Gasteiger partial charge in [0.15, 0.2) is 0 Å². The van der Waals surface area contributed by atoms with E-state index >= 15 is 0 Å². The molecule has 19 heavy (non-hydrogen) atoms. The smallest absolute Gasteiger partial charge is 0.257 e. The normalized spacial score (nSPS) is 10.3. The molecule has 0 saturated heterocycles. The first-order chi connectivity index (χ1) is 9.11. The molecule has 0 fully saturated rings. The van der Waals surface area contributed by atoms with Crippen molar-refractivity contribution in [1.82, 2.24) is 0 Å². The molecule has 0 aliphatic rings. The number of para-hydroxylation sites is 1. The van der Waals surface area contributed by atoms with Crippen molar-refractivity contribution in [3.8, 4) is 0 Å². The van der Waals surface area contributed by atoms with Gasteiger partial charge in [0.05, 0.1) is 16.3 Å². The van der Waals surface area contributed by atoms with Crippen molar-refractivity contribution < 1.29 is 4.79 Å². The first-order valence-corrected chi connectivity index (χ1v) is 8.19. The van der Waals surface area contributed by atoms with Crippen LogP contribution < -0.4 is 5.32 Å². The highest BCUT2D eigenvalue weighted by atomic mass is 127. The van der Waals surface area contributed by atoms with Gasteiger partial charge in [-0.15, -0.1) is 11.8 Å². The standard InChI is InChI=1S/C14H11ClINOS/c1-19-9-6-7-11(15)10(8-9)14(18)17-13-5-3-2-4-12(13)16/h2-8H,1H3,(H,17,18). The number of nitrogens with one attached hydrogen (secondary N) is 1. The maximum absolute atomic E-state index is 12.2. The fourth-order valence-electron chi connectivity index (χ4n) is 1.56. The Balaban J connectivity index is 2.28. The number of thioether (sulfide) groups is 1. The van der Waals surface area contributed by atoms with E-state index in [0.717, 1.165) is 14.2 Å². The van der Waals surface area contributed by atoms with E-state index in [4.69, 9.17) is 11.6 Å². The zero-order valence-corrected chi connectivity index (χ0v) is 13.8. The zero-order valence-electron chi connectivity index (χ0n) is 10.1. The maximum Gasteiger partial charge on any atom is 0.257 e. The molecule has 98 valence electrons. The summed E-state index contributed by atoms with van der Waals surface area (Å²) in [6.45, 7) is 0. The monoisotopic (exact) mass is 403 g/mol. The number of amides is 1. The predicted molar refractivity (Wildman–Crippen MR) is 90.3 cm³/mol. The van der Waals surface area contributed by atoms with Gasteiger partial charge in [0.2, 0.25) is 0 Å². The van der Waals surface area contributed by atoms with Crippen LogP contribution in [0.15, 0.2) is 47.4 Å². The molecule has 0 aliphatic carbocycles. The minimum atomic E-state index is -0.190. The third-order valence-corrected chi connectivity index (χ3v) is 4.54. The van der Waals surface area contributed by atoms with Crippen LogP contribution in [0.25, 0.3) is 0 Å². The summed E-state index contributed by atoms with van der Waals surface area (Å²) >= 11 is 9.84. The van der Waals surface area contributed by atoms with Gasteiger partial charge in [-0.2, -0.15) is 0 Å². The minimum absolute atomic E-state index is 0.190. The molecule has 2 aromatic rings. The van der Waals surface area contributed by atoms with Crippen molar-refractivity contribution in [3.63, 3.8) is 0 Å². The Morgan fingerprint density at radius 2 is 2.00 bits per heavy atom. The maximum atomic E-state index is 12.2. The van der Waals surface area contributed by atoms with Gasteiger partial charge in [0.25, 0.3) is 5.91 Å². The van der Waals surface area contributed by atoms with Crippen LogP contribution in [-0.2, 0) is 0 Å². The van der Waals surface area contributed by atoms with Crippen molar-refractivity contribution in [3.05, 3.63) is 56.6 Å². The van der Waals surface area contributed by atoms with Crippen LogP contribution in [0.4, 0.5) is 5.69 Å². The number of benzene rings is 2. The molecule has 2 rings (SSSR count). The summed E-state index contributed by atoms with van der Waals surface area (Å²) in [4.78, 5) is 13.3. The average Bonchev–Trinajstić information content (AvgIpc) is 2.42. The molecule has 0 radical (unpaired) electrons. The number of carbonyl (C=O) groups is 1. The zero-order chi connectivity index (χ0) is 13.8. The second-order valence-corrected chi connectivity index (χ2v) is 6.23. The highest BCUT2D eigenvalue weighted by molar-refractivity contribution is 14.1. The Labute approximate surface area is 135 Å². The molecular formula is C14H11ClINOS. The molecule has 0 aliphatic heterocycles. The van der Waals surface area contributed by atoms with Gasteiger partial charge in [0.1, 0.15) is 0 Å². The van der Waals surface area contributed by atoms with Crippen molar-refractivity contribution in [1.29, 1.82) is 0 Å². The number of hydrogen-bond acceptors (Lipinski definition) is 2. The van der Waals surface area contributed by atoms with Crippen LogP contribution >= 0.6 is 46.0 Å². The van der Waals surface area contributed by atoms with Crippen molar-refractivity contribution in [2.24, 2.45) is 0 Å². The van der Waals surface area contributed by atoms with E-state index in [9.17, 15) is 4.79 Å². The lowest BCUT2D eigenvalue weighted by atomic mass is 10.2. The van der Waals surface area contributed by atoms with E-state index in [0.29, 0.717) is 10.6 Å². The molecule has 0 bridgehead atoms. The van der Waals surface area contributed by atoms with Crippen molar-refractivity contribution in [2.45, 2.75) is 4.90 Å². The van der Waals surface area contributed by atoms with Gasteiger partial charge in [-0.05, 0) is 59.2 Å². The Hall–Kier alpha value is -0.720. The van der Waals surface area contributed by atoms with E-state index in [1.807, 2.05) is 36.6 Å². The van der Waals surface area contributed by atoms with Crippen LogP contribution in [0.5, 0.6) is 0 Å². The third-order valence-electron chi connectivity index (χ3n) is 2.54. The first kappa shape index (κ1) is 14.7. The molecule has 1 N–H and O–H groups in total. The van der Waals surface area contributed by atoms with Gasteiger partial charge < -0.3 is 5.32 Å². The third kappa shape index (κ3) is 3.64. The lowest BCUT2D eigenvalue weighted by Crippen LogP contribution is -2.13. The van der Waals surface area contributed by atoms with Gasteiger partial charge in [-0.1, -0.05) is 23.7 Å². The van der Waals surface area contributed by atoms with Crippen LogP contribution in [0, 0.1) is 3.57 Å². The Morgan fingerprint density at radius 3 is 2.68 bits per heavy atom. The van der Waals surface area contributed by atoms with Crippen molar-refractivity contribution >= 4 is 57.5 Å². The van der Waals surface area contributed by atoms with E-state index in [1.54, 1.807) is 23.9 Å². The molecule has 0 unspecified atom stereocenters. The number of rotatable bonds is 3. The van der Waals surface area contributed by atoms with E-state index in [-0.39, 0.29) is 5.91 Å². The molecule has 0 atom stereocenters. The Bertz CT molecular complexity index is 618. The topological polar surface area (TPSA) is 29.1 Å². The predicted octanol–water partition coefficient (Wildman–Crippen LogP) is 4.92. The molecule has 0 heterocycles. The number of hydrogen-bond donors (Lipinski definition) is 1. The SMILES string of the molecule is CSc1ccc(Cl)c(C(=O)Nc2ccccc2I)c1. The minimum Gasteiger partial charge on any atom is -0.321 e. The largest absolute Gasteiger partial charge is 0.321 e. The molecular weight excluding hydrogens is 393 g/mol. The first-order valence-electron chi connectivity index (χ1n) is 5.51. The molecule has 0 saturated carbocycles. The molecule has 0 spiro atoms. The molecule has 5 heteroatoms. The fourth-order valence-corrected chi connectivity index (χ4v) is 2.72. The summed E-state index contributed by atoms with van der Waals surface area (Å²) in [6.07, 6.45) is 1.96. The summed E-state index contributed by atoms with van der Waals surface area (Å²) < 4.78 is 0.991. The second kappa shape index (κ2) is 6.63. The summed E-state index contributed by atoms with van der Waals surface area (Å²) in [6, 6.07) is 13.1. The molecule has 0 aromatic heterocycles.